The lowest BCUT2D eigenvalue weighted by atomic mass is 10.1. The first-order chi connectivity index (χ1) is 17.8. The van der Waals surface area contributed by atoms with E-state index in [9.17, 15) is 18.0 Å². The zero-order valence-electron chi connectivity index (χ0n) is 20.8. The van der Waals surface area contributed by atoms with Crippen LogP contribution in [0.2, 0.25) is 0 Å². The van der Waals surface area contributed by atoms with Crippen molar-refractivity contribution in [3.63, 3.8) is 0 Å². The molecule has 0 unspecified atom stereocenters. The van der Waals surface area contributed by atoms with Crippen molar-refractivity contribution in [1.29, 1.82) is 0 Å². The molecule has 0 saturated carbocycles. The standard InChI is InChI=1S/C28H29F3N2O4/c1-3-36-26-12-7-20(17-21(26)19-37-25-10-8-24(35-2)9-11-25)27(34)33-15-13-32(14-16-33)23-6-4-5-22(18-23)28(29,30)31/h4-12,17-18H,3,13-16,19H2,1-2H3. The van der Waals surface area contributed by atoms with Crippen LogP contribution in [-0.2, 0) is 12.8 Å². The van der Waals surface area contributed by atoms with Gasteiger partial charge >= 0.3 is 6.18 Å². The highest BCUT2D eigenvalue weighted by Crippen LogP contribution is 2.32. The number of anilines is 1. The molecule has 0 radical (unpaired) electrons. The summed E-state index contributed by atoms with van der Waals surface area (Å²) in [5.41, 5.74) is 1.07. The van der Waals surface area contributed by atoms with Gasteiger partial charge in [0.05, 0.1) is 19.3 Å². The SMILES string of the molecule is CCOc1ccc(C(=O)N2CCN(c3cccc(C(F)(F)F)c3)CC2)cc1COc1ccc(OC)cc1. The van der Waals surface area contributed by atoms with E-state index in [0.717, 1.165) is 23.4 Å². The molecule has 1 aliphatic heterocycles. The van der Waals surface area contributed by atoms with Gasteiger partial charge in [0.1, 0.15) is 23.9 Å². The summed E-state index contributed by atoms with van der Waals surface area (Å²) in [5.74, 6) is 1.88. The number of amides is 1. The smallest absolute Gasteiger partial charge is 0.416 e. The highest BCUT2D eigenvalue weighted by atomic mass is 19.4. The third kappa shape index (κ3) is 6.47. The molecule has 0 bridgehead atoms. The summed E-state index contributed by atoms with van der Waals surface area (Å²) in [5, 5.41) is 0. The zero-order chi connectivity index (χ0) is 26.4. The molecule has 196 valence electrons. The number of hydrogen-bond acceptors (Lipinski definition) is 5. The van der Waals surface area contributed by atoms with Crippen LogP contribution in [-0.4, -0.2) is 50.7 Å². The summed E-state index contributed by atoms with van der Waals surface area (Å²) in [4.78, 5) is 16.8. The van der Waals surface area contributed by atoms with Crippen molar-refractivity contribution in [1.82, 2.24) is 4.90 Å². The summed E-state index contributed by atoms with van der Waals surface area (Å²) < 4.78 is 56.1. The van der Waals surface area contributed by atoms with Crippen LogP contribution in [0.4, 0.5) is 18.9 Å². The van der Waals surface area contributed by atoms with E-state index in [1.54, 1.807) is 60.5 Å². The predicted octanol–water partition coefficient (Wildman–Crippen LogP) is 5.65. The lowest BCUT2D eigenvalue weighted by molar-refractivity contribution is -0.137. The van der Waals surface area contributed by atoms with Gasteiger partial charge in [-0.2, -0.15) is 13.2 Å². The average molecular weight is 515 g/mol. The number of carbonyl (C=O) groups excluding carboxylic acids is 1. The molecular formula is C28H29F3N2O4. The van der Waals surface area contributed by atoms with Crippen LogP contribution in [0.5, 0.6) is 17.2 Å². The van der Waals surface area contributed by atoms with Gasteiger partial charge in [0.25, 0.3) is 5.91 Å². The molecule has 9 heteroatoms. The minimum atomic E-state index is -4.39. The van der Waals surface area contributed by atoms with Crippen LogP contribution in [0.15, 0.2) is 66.7 Å². The van der Waals surface area contributed by atoms with Crippen LogP contribution in [0.1, 0.15) is 28.4 Å². The van der Waals surface area contributed by atoms with Gasteiger partial charge in [0.2, 0.25) is 0 Å². The molecule has 0 spiro atoms. The summed E-state index contributed by atoms with van der Waals surface area (Å²) in [6.07, 6.45) is -4.39. The summed E-state index contributed by atoms with van der Waals surface area (Å²) in [6, 6.07) is 17.8. The van der Waals surface area contributed by atoms with E-state index in [2.05, 4.69) is 0 Å². The molecule has 1 heterocycles. The molecule has 1 aliphatic rings. The quantitative estimate of drug-likeness (QED) is 0.389. The highest BCUT2D eigenvalue weighted by Gasteiger charge is 2.31. The van der Waals surface area contributed by atoms with E-state index >= 15 is 0 Å². The number of hydrogen-bond donors (Lipinski definition) is 0. The molecule has 1 saturated heterocycles. The van der Waals surface area contributed by atoms with E-state index < -0.39 is 11.7 Å². The Hall–Kier alpha value is -3.88. The normalized spacial score (nSPS) is 13.9. The molecule has 1 amide bonds. The summed E-state index contributed by atoms with van der Waals surface area (Å²) in [6.45, 7) is 4.26. The van der Waals surface area contributed by atoms with Gasteiger partial charge in [-0.1, -0.05) is 6.07 Å². The Morgan fingerprint density at radius 1 is 0.892 bits per heavy atom. The van der Waals surface area contributed by atoms with E-state index in [4.69, 9.17) is 14.2 Å². The van der Waals surface area contributed by atoms with Gasteiger partial charge in [-0.25, -0.2) is 0 Å². The molecule has 3 aromatic rings. The molecule has 0 aliphatic carbocycles. The summed E-state index contributed by atoms with van der Waals surface area (Å²) >= 11 is 0. The molecule has 4 rings (SSSR count). The fraction of sp³-hybridized carbons (Fsp3) is 0.321. The van der Waals surface area contributed by atoms with Crippen LogP contribution in [0, 0.1) is 0 Å². The minimum absolute atomic E-state index is 0.141. The van der Waals surface area contributed by atoms with Gasteiger partial charge in [-0.05, 0) is 67.6 Å². The first kappa shape index (κ1) is 26.2. The molecule has 1 fully saturated rings. The van der Waals surface area contributed by atoms with Crippen molar-refractivity contribution in [3.05, 3.63) is 83.4 Å². The first-order valence-electron chi connectivity index (χ1n) is 12.0. The van der Waals surface area contributed by atoms with Crippen LogP contribution >= 0.6 is 0 Å². The number of rotatable bonds is 8. The molecule has 3 aromatic carbocycles. The third-order valence-electron chi connectivity index (χ3n) is 6.17. The summed E-state index contributed by atoms with van der Waals surface area (Å²) in [7, 11) is 1.60. The molecule has 0 N–H and O–H groups in total. The molecular weight excluding hydrogens is 485 g/mol. The van der Waals surface area contributed by atoms with Crippen molar-refractivity contribution >= 4 is 11.6 Å². The van der Waals surface area contributed by atoms with Crippen molar-refractivity contribution in [2.75, 3.05) is 44.8 Å². The number of carbonyl (C=O) groups is 1. The maximum Gasteiger partial charge on any atom is 0.416 e. The van der Waals surface area contributed by atoms with E-state index in [-0.39, 0.29) is 12.5 Å². The Kier molecular flexibility index (Phi) is 8.11. The van der Waals surface area contributed by atoms with Crippen LogP contribution in [0.25, 0.3) is 0 Å². The van der Waals surface area contributed by atoms with Gasteiger partial charge in [-0.15, -0.1) is 0 Å². The van der Waals surface area contributed by atoms with E-state index in [0.29, 0.717) is 55.5 Å². The van der Waals surface area contributed by atoms with E-state index in [1.165, 1.54) is 6.07 Å². The van der Waals surface area contributed by atoms with Gasteiger partial charge in [0.15, 0.2) is 0 Å². The molecule has 6 nitrogen and oxygen atoms in total. The van der Waals surface area contributed by atoms with Crippen molar-refractivity contribution in [2.24, 2.45) is 0 Å². The number of alkyl halides is 3. The molecule has 37 heavy (non-hydrogen) atoms. The number of ether oxygens (including phenoxy) is 3. The molecule has 0 aromatic heterocycles. The van der Waals surface area contributed by atoms with E-state index in [1.807, 2.05) is 11.8 Å². The predicted molar refractivity (Wildman–Crippen MR) is 134 cm³/mol. The Morgan fingerprint density at radius 3 is 2.24 bits per heavy atom. The van der Waals surface area contributed by atoms with Gasteiger partial charge < -0.3 is 24.0 Å². The number of piperazine rings is 1. The van der Waals surface area contributed by atoms with Crippen LogP contribution < -0.4 is 19.1 Å². The second-order valence-electron chi connectivity index (χ2n) is 8.55. The van der Waals surface area contributed by atoms with Crippen molar-refractivity contribution < 1.29 is 32.2 Å². The topological polar surface area (TPSA) is 51.2 Å². The highest BCUT2D eigenvalue weighted by molar-refractivity contribution is 5.94. The third-order valence-corrected chi connectivity index (χ3v) is 6.17. The molecule has 0 atom stereocenters. The number of halogens is 3. The minimum Gasteiger partial charge on any atom is -0.497 e. The van der Waals surface area contributed by atoms with Crippen molar-refractivity contribution in [3.8, 4) is 17.2 Å². The Balaban J connectivity index is 1.42. The largest absolute Gasteiger partial charge is 0.497 e. The Bertz CT molecular complexity index is 1210. The fourth-order valence-corrected chi connectivity index (χ4v) is 4.18. The Labute approximate surface area is 214 Å². The number of benzene rings is 3. The lowest BCUT2D eigenvalue weighted by Gasteiger charge is -2.36. The number of nitrogens with zero attached hydrogens (tertiary/aromatic N) is 2. The van der Waals surface area contributed by atoms with Gasteiger partial charge in [-0.3, -0.25) is 4.79 Å². The monoisotopic (exact) mass is 514 g/mol. The first-order valence-corrected chi connectivity index (χ1v) is 12.0. The maximum absolute atomic E-state index is 13.3. The lowest BCUT2D eigenvalue weighted by Crippen LogP contribution is -2.48. The second-order valence-corrected chi connectivity index (χ2v) is 8.55. The second kappa shape index (κ2) is 11.5. The zero-order valence-corrected chi connectivity index (χ0v) is 20.8. The number of methoxy groups -OCH3 is 1. The maximum atomic E-state index is 13.3. The average Bonchev–Trinajstić information content (AvgIpc) is 2.92. The fourth-order valence-electron chi connectivity index (χ4n) is 4.18. The van der Waals surface area contributed by atoms with Crippen LogP contribution in [0.3, 0.4) is 0 Å². The van der Waals surface area contributed by atoms with Gasteiger partial charge in [0, 0.05) is 43.0 Å². The Morgan fingerprint density at radius 2 is 1.59 bits per heavy atom. The van der Waals surface area contributed by atoms with Crippen molar-refractivity contribution in [2.45, 2.75) is 19.7 Å².